The Balaban J connectivity index is 1.55. The van der Waals surface area contributed by atoms with E-state index in [1.54, 1.807) is 36.4 Å². The lowest BCUT2D eigenvalue weighted by Crippen LogP contribution is -2.25. The SMILES string of the molecule is CC(C)c1nnc(NS(=O)(=O)c2ccc(CCNC(=O)c3ccc(C#N)cc3)cc2)s1. The van der Waals surface area contributed by atoms with Gasteiger partial charge in [0.1, 0.15) is 5.01 Å². The molecule has 2 N–H and O–H groups in total. The number of rotatable bonds is 8. The normalized spacial score (nSPS) is 11.2. The zero-order valence-corrected chi connectivity index (χ0v) is 18.6. The smallest absolute Gasteiger partial charge is 0.263 e. The van der Waals surface area contributed by atoms with Crippen molar-refractivity contribution in [1.29, 1.82) is 5.26 Å². The van der Waals surface area contributed by atoms with Crippen LogP contribution in [0, 0.1) is 11.3 Å². The van der Waals surface area contributed by atoms with E-state index >= 15 is 0 Å². The Hall–Kier alpha value is -3.29. The highest BCUT2D eigenvalue weighted by atomic mass is 32.2. The van der Waals surface area contributed by atoms with E-state index in [9.17, 15) is 13.2 Å². The summed E-state index contributed by atoms with van der Waals surface area (Å²) in [6, 6.07) is 14.8. The van der Waals surface area contributed by atoms with Crippen molar-refractivity contribution in [3.05, 3.63) is 70.2 Å². The van der Waals surface area contributed by atoms with Crippen molar-refractivity contribution in [3.8, 4) is 6.07 Å². The minimum Gasteiger partial charge on any atom is -0.352 e. The quantitative estimate of drug-likeness (QED) is 0.537. The predicted molar refractivity (Wildman–Crippen MR) is 118 cm³/mol. The van der Waals surface area contributed by atoms with Gasteiger partial charge in [-0.1, -0.05) is 37.3 Å². The molecule has 0 fully saturated rings. The first kappa shape index (κ1) is 22.4. The van der Waals surface area contributed by atoms with Gasteiger partial charge in [-0.05, 0) is 48.4 Å². The maximum absolute atomic E-state index is 12.5. The molecule has 1 heterocycles. The zero-order chi connectivity index (χ0) is 22.4. The van der Waals surface area contributed by atoms with Gasteiger partial charge in [0.15, 0.2) is 0 Å². The number of nitrogens with zero attached hydrogens (tertiary/aromatic N) is 3. The summed E-state index contributed by atoms with van der Waals surface area (Å²) >= 11 is 1.21. The van der Waals surface area contributed by atoms with Gasteiger partial charge < -0.3 is 5.32 Å². The highest BCUT2D eigenvalue weighted by Gasteiger charge is 2.17. The van der Waals surface area contributed by atoms with Crippen LogP contribution < -0.4 is 10.0 Å². The number of carbonyl (C=O) groups is 1. The molecule has 3 aromatic rings. The summed E-state index contributed by atoms with van der Waals surface area (Å²) in [5.41, 5.74) is 1.86. The Labute approximate surface area is 185 Å². The maximum Gasteiger partial charge on any atom is 0.263 e. The molecule has 160 valence electrons. The topological polar surface area (TPSA) is 125 Å². The maximum atomic E-state index is 12.5. The van der Waals surface area contributed by atoms with Gasteiger partial charge >= 0.3 is 0 Å². The first-order valence-corrected chi connectivity index (χ1v) is 11.8. The lowest BCUT2D eigenvalue weighted by Gasteiger charge is -2.08. The summed E-state index contributed by atoms with van der Waals surface area (Å²) in [4.78, 5) is 12.3. The highest BCUT2D eigenvalue weighted by molar-refractivity contribution is 7.93. The van der Waals surface area contributed by atoms with E-state index < -0.39 is 10.0 Å². The van der Waals surface area contributed by atoms with Crippen molar-refractivity contribution in [2.45, 2.75) is 31.1 Å². The largest absolute Gasteiger partial charge is 0.352 e. The van der Waals surface area contributed by atoms with E-state index in [1.165, 1.54) is 23.5 Å². The van der Waals surface area contributed by atoms with Gasteiger partial charge in [0.2, 0.25) is 5.13 Å². The molecular weight excluding hydrogens is 434 g/mol. The molecule has 0 radical (unpaired) electrons. The third kappa shape index (κ3) is 5.87. The van der Waals surface area contributed by atoms with E-state index in [0.717, 1.165) is 10.6 Å². The van der Waals surface area contributed by atoms with Gasteiger partial charge in [-0.25, -0.2) is 8.42 Å². The van der Waals surface area contributed by atoms with E-state index in [2.05, 4.69) is 20.2 Å². The number of benzene rings is 2. The molecule has 0 unspecified atom stereocenters. The number of sulfonamides is 1. The van der Waals surface area contributed by atoms with E-state index in [4.69, 9.17) is 5.26 Å². The molecular formula is C21H21N5O3S2. The Morgan fingerprint density at radius 2 is 1.77 bits per heavy atom. The molecule has 3 rings (SSSR count). The van der Waals surface area contributed by atoms with Crippen molar-refractivity contribution in [3.63, 3.8) is 0 Å². The van der Waals surface area contributed by atoms with Crippen LogP contribution in [-0.4, -0.2) is 31.1 Å². The molecule has 0 saturated heterocycles. The average Bonchev–Trinajstić information content (AvgIpc) is 3.22. The molecule has 0 aliphatic rings. The van der Waals surface area contributed by atoms with Gasteiger partial charge in [0.25, 0.3) is 15.9 Å². The Kier molecular flexibility index (Phi) is 6.99. The van der Waals surface area contributed by atoms with Crippen LogP contribution in [0.2, 0.25) is 0 Å². The van der Waals surface area contributed by atoms with E-state index in [1.807, 2.05) is 19.9 Å². The molecule has 2 aromatic carbocycles. The van der Waals surface area contributed by atoms with Crippen molar-refractivity contribution < 1.29 is 13.2 Å². The van der Waals surface area contributed by atoms with Crippen molar-refractivity contribution >= 4 is 32.4 Å². The molecule has 0 bridgehead atoms. The zero-order valence-electron chi connectivity index (χ0n) is 17.0. The third-order valence-electron chi connectivity index (χ3n) is 4.37. The van der Waals surface area contributed by atoms with E-state index in [0.29, 0.717) is 24.1 Å². The minimum atomic E-state index is -3.75. The summed E-state index contributed by atoms with van der Waals surface area (Å²) in [6.07, 6.45) is 0.546. The number of hydrogen-bond donors (Lipinski definition) is 2. The van der Waals surface area contributed by atoms with Crippen LogP contribution >= 0.6 is 11.3 Å². The van der Waals surface area contributed by atoms with Gasteiger partial charge in [0, 0.05) is 18.0 Å². The third-order valence-corrected chi connectivity index (χ3v) is 6.99. The van der Waals surface area contributed by atoms with Gasteiger partial charge in [0.05, 0.1) is 16.5 Å². The van der Waals surface area contributed by atoms with Gasteiger partial charge in [-0.2, -0.15) is 5.26 Å². The second-order valence-corrected chi connectivity index (χ2v) is 9.74. The summed E-state index contributed by atoms with van der Waals surface area (Å²) < 4.78 is 27.6. The molecule has 31 heavy (non-hydrogen) atoms. The fourth-order valence-electron chi connectivity index (χ4n) is 2.64. The van der Waals surface area contributed by atoms with Crippen molar-refractivity contribution in [1.82, 2.24) is 15.5 Å². The van der Waals surface area contributed by atoms with Crippen LogP contribution in [0.25, 0.3) is 0 Å². The summed E-state index contributed by atoms with van der Waals surface area (Å²) in [5, 5.41) is 20.5. The number of hydrogen-bond acceptors (Lipinski definition) is 7. The van der Waals surface area contributed by atoms with Crippen LogP contribution in [0.4, 0.5) is 5.13 Å². The second kappa shape index (κ2) is 9.68. The lowest BCUT2D eigenvalue weighted by atomic mass is 10.1. The van der Waals surface area contributed by atoms with Gasteiger partial charge in [-0.15, -0.1) is 10.2 Å². The number of amides is 1. The number of nitriles is 1. The molecule has 0 aliphatic heterocycles. The van der Waals surface area contributed by atoms with Gasteiger partial charge in [-0.3, -0.25) is 9.52 Å². The second-order valence-electron chi connectivity index (χ2n) is 7.04. The van der Waals surface area contributed by atoms with Crippen LogP contribution in [0.15, 0.2) is 53.4 Å². The number of aromatic nitrogens is 2. The monoisotopic (exact) mass is 455 g/mol. The van der Waals surface area contributed by atoms with Crippen molar-refractivity contribution in [2.75, 3.05) is 11.3 Å². The van der Waals surface area contributed by atoms with Crippen LogP contribution in [0.5, 0.6) is 0 Å². The lowest BCUT2D eigenvalue weighted by molar-refractivity contribution is 0.0954. The summed E-state index contributed by atoms with van der Waals surface area (Å²) in [5.74, 6) is -0.0573. The first-order chi connectivity index (χ1) is 14.8. The molecule has 1 aromatic heterocycles. The molecule has 0 atom stereocenters. The molecule has 0 aliphatic carbocycles. The standard InChI is InChI=1S/C21H21N5O3S2/c1-14(2)20-24-25-21(30-20)26-31(28,29)18-9-5-15(6-10-18)11-12-23-19(27)17-7-3-16(13-22)4-8-17/h3-10,14H,11-12H2,1-2H3,(H,23,27)(H,25,26). The number of anilines is 1. The number of nitrogens with one attached hydrogen (secondary N) is 2. The number of carbonyl (C=O) groups excluding carboxylic acids is 1. The Bertz CT molecular complexity index is 1200. The molecule has 10 heteroatoms. The molecule has 1 amide bonds. The van der Waals surface area contributed by atoms with Crippen LogP contribution in [0.1, 0.15) is 46.3 Å². The summed E-state index contributed by atoms with van der Waals surface area (Å²) in [7, 11) is -3.75. The highest BCUT2D eigenvalue weighted by Crippen LogP contribution is 2.24. The van der Waals surface area contributed by atoms with E-state index in [-0.39, 0.29) is 21.9 Å². The fraction of sp³-hybridized carbons (Fsp3) is 0.238. The average molecular weight is 456 g/mol. The minimum absolute atomic E-state index is 0.124. The molecule has 0 saturated carbocycles. The Morgan fingerprint density at radius 1 is 1.10 bits per heavy atom. The fourth-order valence-corrected chi connectivity index (χ4v) is 4.61. The molecule has 0 spiro atoms. The van der Waals surface area contributed by atoms with Crippen LogP contribution in [0.3, 0.4) is 0 Å². The molecule has 8 nitrogen and oxygen atoms in total. The first-order valence-electron chi connectivity index (χ1n) is 9.52. The Morgan fingerprint density at radius 3 is 2.35 bits per heavy atom. The summed E-state index contributed by atoms with van der Waals surface area (Å²) in [6.45, 7) is 4.32. The predicted octanol–water partition coefficient (Wildman–Crippen LogP) is 3.31. The van der Waals surface area contributed by atoms with Crippen LogP contribution in [-0.2, 0) is 16.4 Å². The van der Waals surface area contributed by atoms with Crippen molar-refractivity contribution in [2.24, 2.45) is 0 Å².